The van der Waals surface area contributed by atoms with E-state index in [-0.39, 0.29) is 17.3 Å². The minimum atomic E-state index is -4.13. The van der Waals surface area contributed by atoms with Crippen molar-refractivity contribution in [3.63, 3.8) is 0 Å². The molecule has 0 saturated heterocycles. The smallest absolute Gasteiger partial charge is 0.264 e. The molecule has 0 radical (unpaired) electrons. The highest BCUT2D eigenvalue weighted by molar-refractivity contribution is 7.92. The van der Waals surface area contributed by atoms with E-state index in [1.165, 1.54) is 24.1 Å². The molecule has 1 N–H and O–H groups in total. The monoisotopic (exact) mass is 557 g/mol. The van der Waals surface area contributed by atoms with Crippen molar-refractivity contribution in [2.24, 2.45) is 0 Å². The second-order valence-corrected chi connectivity index (χ2v) is 10.9. The molecule has 0 heterocycles. The zero-order valence-corrected chi connectivity index (χ0v) is 23.2. The van der Waals surface area contributed by atoms with E-state index in [1.54, 1.807) is 73.7 Å². The van der Waals surface area contributed by atoms with E-state index in [4.69, 9.17) is 16.3 Å². The lowest BCUT2D eigenvalue weighted by Gasteiger charge is -2.32. The Labute approximate surface area is 229 Å². The van der Waals surface area contributed by atoms with Crippen LogP contribution in [0, 0.1) is 0 Å². The summed E-state index contributed by atoms with van der Waals surface area (Å²) >= 11 is 6.02. The molecule has 0 bridgehead atoms. The lowest BCUT2D eigenvalue weighted by Crippen LogP contribution is -2.51. The van der Waals surface area contributed by atoms with Gasteiger partial charge in [-0.2, -0.15) is 0 Å². The first kappa shape index (κ1) is 29.0. The van der Waals surface area contributed by atoms with Crippen molar-refractivity contribution in [2.75, 3.05) is 24.5 Å². The summed E-state index contributed by atoms with van der Waals surface area (Å²) in [7, 11) is -2.64. The van der Waals surface area contributed by atoms with Crippen molar-refractivity contribution in [3.8, 4) is 5.75 Å². The van der Waals surface area contributed by atoms with Gasteiger partial charge in [-0.25, -0.2) is 8.42 Å². The highest BCUT2D eigenvalue weighted by Gasteiger charge is 2.32. The van der Waals surface area contributed by atoms with Crippen molar-refractivity contribution >= 4 is 39.1 Å². The predicted molar refractivity (Wildman–Crippen MR) is 149 cm³/mol. The van der Waals surface area contributed by atoms with Crippen LogP contribution >= 0.6 is 11.6 Å². The van der Waals surface area contributed by atoms with E-state index in [0.717, 1.165) is 16.3 Å². The largest absolute Gasteiger partial charge is 0.497 e. The Morgan fingerprint density at radius 3 is 2.18 bits per heavy atom. The van der Waals surface area contributed by atoms with Crippen molar-refractivity contribution < 1.29 is 22.7 Å². The third-order valence-corrected chi connectivity index (χ3v) is 7.99. The molecule has 0 aromatic heterocycles. The maximum Gasteiger partial charge on any atom is 0.264 e. The lowest BCUT2D eigenvalue weighted by atomic mass is 10.1. The third-order valence-electron chi connectivity index (χ3n) is 5.95. The first-order chi connectivity index (χ1) is 18.2. The van der Waals surface area contributed by atoms with Gasteiger partial charge in [0.25, 0.3) is 10.0 Å². The molecule has 0 aliphatic rings. The van der Waals surface area contributed by atoms with Gasteiger partial charge in [-0.1, -0.05) is 48.9 Å². The standard InChI is InChI=1S/C28H32ClN3O5S/c1-4-18-30-28(34)21(2)31(19-22-10-12-23(29)13-11-22)27(33)20-32(24-8-6-5-7-9-24)38(35,36)26-16-14-25(37-3)15-17-26/h5-17,21H,4,18-20H2,1-3H3,(H,30,34)/t21-/m0/s1. The number of halogens is 1. The molecule has 0 aliphatic carbocycles. The number of hydrogen-bond donors (Lipinski definition) is 1. The summed E-state index contributed by atoms with van der Waals surface area (Å²) in [6.07, 6.45) is 0.742. The van der Waals surface area contributed by atoms with Crippen LogP contribution in [0.2, 0.25) is 5.02 Å². The van der Waals surface area contributed by atoms with Crippen LogP contribution < -0.4 is 14.4 Å². The molecule has 0 aliphatic heterocycles. The van der Waals surface area contributed by atoms with Gasteiger partial charge in [-0.3, -0.25) is 13.9 Å². The van der Waals surface area contributed by atoms with Gasteiger partial charge in [0.1, 0.15) is 18.3 Å². The highest BCUT2D eigenvalue weighted by Crippen LogP contribution is 2.26. The maximum atomic E-state index is 13.8. The average molecular weight is 558 g/mol. The molecule has 8 nitrogen and oxygen atoms in total. The predicted octanol–water partition coefficient (Wildman–Crippen LogP) is 4.49. The number of para-hydroxylation sites is 1. The molecule has 0 fully saturated rings. The minimum absolute atomic E-state index is 0.00735. The van der Waals surface area contributed by atoms with Crippen LogP contribution in [0.15, 0.2) is 83.8 Å². The Morgan fingerprint density at radius 1 is 0.974 bits per heavy atom. The molecule has 202 valence electrons. The van der Waals surface area contributed by atoms with Gasteiger partial charge in [-0.05, 0) is 67.4 Å². The Balaban J connectivity index is 1.98. The fraction of sp³-hybridized carbons (Fsp3) is 0.286. The first-order valence-corrected chi connectivity index (χ1v) is 14.0. The summed E-state index contributed by atoms with van der Waals surface area (Å²) in [5, 5.41) is 3.36. The van der Waals surface area contributed by atoms with Crippen LogP contribution in [0.3, 0.4) is 0 Å². The molecule has 3 aromatic carbocycles. The number of rotatable bonds is 12. The SMILES string of the molecule is CCCNC(=O)[C@H](C)N(Cc1ccc(Cl)cc1)C(=O)CN(c1ccccc1)S(=O)(=O)c1ccc(OC)cc1. The molecule has 10 heteroatoms. The molecular formula is C28H32ClN3O5S. The van der Waals surface area contributed by atoms with Crippen LogP contribution in [0.1, 0.15) is 25.8 Å². The van der Waals surface area contributed by atoms with Gasteiger partial charge in [0.15, 0.2) is 0 Å². The van der Waals surface area contributed by atoms with E-state index in [2.05, 4.69) is 5.32 Å². The summed E-state index contributed by atoms with van der Waals surface area (Å²) in [4.78, 5) is 28.0. The first-order valence-electron chi connectivity index (χ1n) is 12.2. The Bertz CT molecular complexity index is 1320. The van der Waals surface area contributed by atoms with Crippen molar-refractivity contribution in [1.82, 2.24) is 10.2 Å². The Morgan fingerprint density at radius 2 is 1.61 bits per heavy atom. The Kier molecular flexibility index (Phi) is 10.2. The van der Waals surface area contributed by atoms with E-state index >= 15 is 0 Å². The van der Waals surface area contributed by atoms with E-state index in [1.807, 2.05) is 6.92 Å². The van der Waals surface area contributed by atoms with Crippen LogP contribution in [-0.2, 0) is 26.2 Å². The highest BCUT2D eigenvalue weighted by atomic mass is 35.5. The van der Waals surface area contributed by atoms with Gasteiger partial charge in [0.2, 0.25) is 11.8 Å². The van der Waals surface area contributed by atoms with Crippen molar-refractivity contribution in [2.45, 2.75) is 37.8 Å². The number of ether oxygens (including phenoxy) is 1. The molecule has 0 unspecified atom stereocenters. The molecular weight excluding hydrogens is 526 g/mol. The molecule has 3 aromatic rings. The topological polar surface area (TPSA) is 96.0 Å². The lowest BCUT2D eigenvalue weighted by molar-refractivity contribution is -0.139. The van der Waals surface area contributed by atoms with Crippen LogP contribution in [-0.4, -0.2) is 51.4 Å². The van der Waals surface area contributed by atoms with Crippen LogP contribution in [0.25, 0.3) is 0 Å². The fourth-order valence-electron chi connectivity index (χ4n) is 3.76. The van der Waals surface area contributed by atoms with E-state index < -0.39 is 28.5 Å². The molecule has 38 heavy (non-hydrogen) atoms. The summed E-state index contributed by atoms with van der Waals surface area (Å²) in [5.74, 6) is -0.342. The second-order valence-electron chi connectivity index (χ2n) is 8.64. The number of nitrogens with zero attached hydrogens (tertiary/aromatic N) is 2. The molecule has 0 spiro atoms. The van der Waals surface area contributed by atoms with Crippen LogP contribution in [0.5, 0.6) is 5.75 Å². The second kappa shape index (κ2) is 13.3. The zero-order chi connectivity index (χ0) is 27.7. The molecule has 1 atom stereocenters. The fourth-order valence-corrected chi connectivity index (χ4v) is 5.30. The zero-order valence-electron chi connectivity index (χ0n) is 21.6. The molecule has 2 amide bonds. The normalized spacial score (nSPS) is 11.9. The number of amides is 2. The van der Waals surface area contributed by atoms with Crippen molar-refractivity contribution in [3.05, 3.63) is 89.4 Å². The number of benzene rings is 3. The Hall–Kier alpha value is -3.56. The maximum absolute atomic E-state index is 13.8. The van der Waals surface area contributed by atoms with Crippen LogP contribution in [0.4, 0.5) is 5.69 Å². The number of methoxy groups -OCH3 is 1. The summed E-state index contributed by atoms with van der Waals surface area (Å²) in [6, 6.07) is 20.4. The number of carbonyl (C=O) groups excluding carboxylic acids is 2. The van der Waals surface area contributed by atoms with E-state index in [0.29, 0.717) is 23.0 Å². The third kappa shape index (κ3) is 7.26. The summed E-state index contributed by atoms with van der Waals surface area (Å²) in [5.41, 5.74) is 1.08. The number of hydrogen-bond acceptors (Lipinski definition) is 5. The average Bonchev–Trinajstić information content (AvgIpc) is 2.94. The van der Waals surface area contributed by atoms with Gasteiger partial charge >= 0.3 is 0 Å². The summed E-state index contributed by atoms with van der Waals surface area (Å²) in [6.45, 7) is 3.63. The number of nitrogens with one attached hydrogen (secondary N) is 1. The van der Waals surface area contributed by atoms with Crippen molar-refractivity contribution in [1.29, 1.82) is 0 Å². The number of sulfonamides is 1. The molecule has 0 saturated carbocycles. The summed E-state index contributed by atoms with van der Waals surface area (Å²) < 4.78 is 33.7. The van der Waals surface area contributed by atoms with Gasteiger partial charge < -0.3 is 15.0 Å². The van der Waals surface area contributed by atoms with E-state index in [9.17, 15) is 18.0 Å². The number of anilines is 1. The quantitative estimate of drug-likeness (QED) is 0.354. The number of carbonyl (C=O) groups is 2. The van der Waals surface area contributed by atoms with Gasteiger partial charge in [0.05, 0.1) is 17.7 Å². The van der Waals surface area contributed by atoms with Gasteiger partial charge in [0, 0.05) is 18.1 Å². The minimum Gasteiger partial charge on any atom is -0.497 e. The van der Waals surface area contributed by atoms with Gasteiger partial charge in [-0.15, -0.1) is 0 Å². The molecule has 3 rings (SSSR count).